The number of hydrogen-bond donors (Lipinski definition) is 2. The lowest BCUT2D eigenvalue weighted by Crippen LogP contribution is -2.05. The Labute approximate surface area is 114 Å². The Hall–Kier alpha value is -2.31. The summed E-state index contributed by atoms with van der Waals surface area (Å²) < 4.78 is 5.78. The first-order chi connectivity index (χ1) is 9.63. The lowest BCUT2D eigenvalue weighted by molar-refractivity contribution is 0.0602. The Kier molecular flexibility index (Phi) is 2.96. The van der Waals surface area contributed by atoms with Crippen molar-refractivity contribution >= 4 is 11.6 Å². The molecule has 2 aromatic heterocycles. The molecule has 1 aliphatic rings. The first-order valence-electron chi connectivity index (χ1n) is 6.51. The Bertz CT molecular complexity index is 674. The van der Waals surface area contributed by atoms with Gasteiger partial charge in [0.1, 0.15) is 5.56 Å². The van der Waals surface area contributed by atoms with Crippen LogP contribution in [0.4, 0.5) is 0 Å². The number of aromatic nitrogens is 3. The third-order valence-corrected chi connectivity index (χ3v) is 3.81. The Morgan fingerprint density at radius 2 is 2.10 bits per heavy atom. The number of nitrogens with zero attached hydrogens (tertiary/aromatic N) is 3. The van der Waals surface area contributed by atoms with Crippen LogP contribution in [0.25, 0.3) is 5.65 Å². The van der Waals surface area contributed by atoms with Crippen LogP contribution in [-0.4, -0.2) is 37.9 Å². The van der Waals surface area contributed by atoms with Crippen molar-refractivity contribution in [2.75, 3.05) is 7.11 Å². The fourth-order valence-electron chi connectivity index (χ4n) is 2.81. The quantitative estimate of drug-likeness (QED) is 0.809. The van der Waals surface area contributed by atoms with E-state index in [1.54, 1.807) is 0 Å². The van der Waals surface area contributed by atoms with Crippen molar-refractivity contribution in [3.63, 3.8) is 0 Å². The summed E-state index contributed by atoms with van der Waals surface area (Å²) in [7, 11) is 1.25. The van der Waals surface area contributed by atoms with Crippen LogP contribution >= 0.6 is 0 Å². The molecule has 2 heterocycles. The van der Waals surface area contributed by atoms with Gasteiger partial charge in [-0.05, 0) is 18.8 Å². The maximum absolute atomic E-state index is 11.6. The Morgan fingerprint density at radius 3 is 2.75 bits per heavy atom. The third kappa shape index (κ3) is 1.77. The number of ether oxygens (including phenoxy) is 1. The van der Waals surface area contributed by atoms with Crippen LogP contribution in [0.1, 0.15) is 47.5 Å². The zero-order chi connectivity index (χ0) is 14.3. The minimum atomic E-state index is -0.611. The summed E-state index contributed by atoms with van der Waals surface area (Å²) in [6.07, 6.45) is 5.20. The van der Waals surface area contributed by atoms with Crippen molar-refractivity contribution in [1.29, 1.82) is 0 Å². The van der Waals surface area contributed by atoms with E-state index in [1.165, 1.54) is 17.8 Å². The van der Waals surface area contributed by atoms with Gasteiger partial charge in [0, 0.05) is 0 Å². The minimum absolute atomic E-state index is 0.0812. The van der Waals surface area contributed by atoms with Gasteiger partial charge < -0.3 is 14.9 Å². The molecule has 0 aromatic carbocycles. The van der Waals surface area contributed by atoms with Crippen LogP contribution in [0.5, 0.6) is 11.8 Å². The predicted octanol–water partition coefficient (Wildman–Crippen LogP) is 1.58. The summed E-state index contributed by atoms with van der Waals surface area (Å²) in [5, 5.41) is 24.3. The molecule has 2 N–H and O–H groups in total. The second kappa shape index (κ2) is 4.66. The average Bonchev–Trinajstić information content (AvgIpc) is 3.07. The van der Waals surface area contributed by atoms with Crippen LogP contribution in [0.15, 0.2) is 6.20 Å². The van der Waals surface area contributed by atoms with Crippen molar-refractivity contribution in [3.8, 4) is 11.8 Å². The highest BCUT2D eigenvalue weighted by Gasteiger charge is 2.28. The van der Waals surface area contributed by atoms with Crippen LogP contribution in [0.3, 0.4) is 0 Å². The van der Waals surface area contributed by atoms with Gasteiger partial charge in [-0.2, -0.15) is 14.6 Å². The first kappa shape index (κ1) is 12.7. The predicted molar refractivity (Wildman–Crippen MR) is 68.9 cm³/mol. The molecule has 20 heavy (non-hydrogen) atoms. The molecule has 0 spiro atoms. The van der Waals surface area contributed by atoms with Crippen molar-refractivity contribution in [2.45, 2.75) is 31.6 Å². The summed E-state index contributed by atoms with van der Waals surface area (Å²) in [4.78, 5) is 15.6. The monoisotopic (exact) mass is 277 g/mol. The van der Waals surface area contributed by atoms with Crippen LogP contribution in [0, 0.1) is 0 Å². The molecule has 106 valence electrons. The fraction of sp³-hybridized carbons (Fsp3) is 0.462. The van der Waals surface area contributed by atoms with Crippen LogP contribution < -0.4 is 0 Å². The van der Waals surface area contributed by atoms with Crippen LogP contribution in [0.2, 0.25) is 0 Å². The third-order valence-electron chi connectivity index (χ3n) is 3.81. The minimum Gasteiger partial charge on any atom is -0.493 e. The molecule has 0 radical (unpaired) electrons. The smallest absolute Gasteiger partial charge is 0.343 e. The van der Waals surface area contributed by atoms with E-state index in [0.717, 1.165) is 25.7 Å². The Balaban J connectivity index is 2.18. The van der Waals surface area contributed by atoms with E-state index in [2.05, 4.69) is 14.8 Å². The number of methoxy groups -OCH3 is 1. The highest BCUT2D eigenvalue weighted by Crippen LogP contribution is 2.42. The highest BCUT2D eigenvalue weighted by molar-refractivity contribution is 5.95. The average molecular weight is 277 g/mol. The molecule has 0 saturated heterocycles. The molecule has 1 saturated carbocycles. The lowest BCUT2D eigenvalue weighted by atomic mass is 9.99. The maximum atomic E-state index is 11.6. The van der Waals surface area contributed by atoms with Crippen molar-refractivity contribution < 1.29 is 19.7 Å². The second-order valence-corrected chi connectivity index (χ2v) is 4.94. The molecular weight excluding hydrogens is 262 g/mol. The number of esters is 1. The molecule has 0 atom stereocenters. The van der Waals surface area contributed by atoms with Gasteiger partial charge in [-0.25, -0.2) is 4.79 Å². The summed E-state index contributed by atoms with van der Waals surface area (Å²) in [6.45, 7) is 0. The van der Waals surface area contributed by atoms with Gasteiger partial charge in [0.05, 0.1) is 18.9 Å². The largest absolute Gasteiger partial charge is 0.493 e. The van der Waals surface area contributed by atoms with Gasteiger partial charge >= 0.3 is 5.97 Å². The summed E-state index contributed by atoms with van der Waals surface area (Å²) >= 11 is 0. The molecule has 1 fully saturated rings. The molecule has 3 rings (SSSR count). The molecule has 0 aliphatic heterocycles. The molecule has 0 bridgehead atoms. The summed E-state index contributed by atoms with van der Waals surface area (Å²) in [5.41, 5.74) is 0.610. The maximum Gasteiger partial charge on any atom is 0.343 e. The van der Waals surface area contributed by atoms with Gasteiger partial charge in [-0.3, -0.25) is 0 Å². The molecule has 0 amide bonds. The first-order valence-corrected chi connectivity index (χ1v) is 6.51. The Morgan fingerprint density at radius 1 is 1.40 bits per heavy atom. The topological polar surface area (TPSA) is 97.0 Å². The van der Waals surface area contributed by atoms with Crippen molar-refractivity contribution in [2.24, 2.45) is 0 Å². The lowest BCUT2D eigenvalue weighted by Gasteiger charge is -2.13. The number of fused-ring (bicyclic) bond motifs is 1. The zero-order valence-corrected chi connectivity index (χ0v) is 11.0. The fourth-order valence-corrected chi connectivity index (χ4v) is 2.81. The normalized spacial score (nSPS) is 15.8. The second-order valence-electron chi connectivity index (χ2n) is 4.94. The molecule has 7 heteroatoms. The van der Waals surface area contributed by atoms with Crippen LogP contribution in [-0.2, 0) is 4.74 Å². The summed E-state index contributed by atoms with van der Waals surface area (Å²) in [5.74, 6) is -0.931. The molecular formula is C13H15N3O4. The number of hydrogen-bond acceptors (Lipinski definition) is 6. The number of carbonyl (C=O) groups excluding carboxylic acids is 1. The van der Waals surface area contributed by atoms with Gasteiger partial charge in [-0.1, -0.05) is 12.8 Å². The van der Waals surface area contributed by atoms with E-state index in [1.807, 2.05) is 0 Å². The van der Waals surface area contributed by atoms with E-state index in [0.29, 0.717) is 5.56 Å². The van der Waals surface area contributed by atoms with Crippen molar-refractivity contribution in [1.82, 2.24) is 14.6 Å². The number of carbonyl (C=O) groups is 1. The van der Waals surface area contributed by atoms with Gasteiger partial charge in [-0.15, -0.1) is 0 Å². The van der Waals surface area contributed by atoms with Gasteiger partial charge in [0.25, 0.3) is 0 Å². The number of aromatic hydroxyl groups is 2. The standard InChI is InChI=1S/C13H15N3O4/c1-20-13(19)8-6-14-16-10(8)15-11(17)9(12(16)18)7-4-2-3-5-7/h6-7,18H,2-5H2,1H3,(H,15,17). The molecule has 1 aliphatic carbocycles. The zero-order valence-electron chi connectivity index (χ0n) is 11.0. The van der Waals surface area contributed by atoms with E-state index in [4.69, 9.17) is 0 Å². The molecule has 2 aromatic rings. The van der Waals surface area contributed by atoms with E-state index >= 15 is 0 Å². The SMILES string of the molecule is COC(=O)c1cnn2c(O)c(C3CCCC3)c(O)nc12. The highest BCUT2D eigenvalue weighted by atomic mass is 16.5. The van der Waals surface area contributed by atoms with E-state index in [-0.39, 0.29) is 28.9 Å². The van der Waals surface area contributed by atoms with Crippen molar-refractivity contribution in [3.05, 3.63) is 17.3 Å². The summed E-state index contributed by atoms with van der Waals surface area (Å²) in [6, 6.07) is 0. The van der Waals surface area contributed by atoms with E-state index in [9.17, 15) is 15.0 Å². The number of rotatable bonds is 2. The van der Waals surface area contributed by atoms with E-state index < -0.39 is 5.97 Å². The van der Waals surface area contributed by atoms with Gasteiger partial charge in [0.2, 0.25) is 11.8 Å². The molecule has 0 unspecified atom stereocenters. The van der Waals surface area contributed by atoms with Gasteiger partial charge in [0.15, 0.2) is 5.65 Å². The molecule has 7 nitrogen and oxygen atoms in total.